The van der Waals surface area contributed by atoms with E-state index < -0.39 is 0 Å². The van der Waals surface area contributed by atoms with Gasteiger partial charge in [0.15, 0.2) is 0 Å². The van der Waals surface area contributed by atoms with Crippen LogP contribution in [0.3, 0.4) is 0 Å². The highest BCUT2D eigenvalue weighted by molar-refractivity contribution is 7.16. The molecule has 3 heteroatoms. The first-order valence-corrected chi connectivity index (χ1v) is 8.24. The molecule has 2 atom stereocenters. The predicted octanol–water partition coefficient (Wildman–Crippen LogP) is 4.21. The first-order chi connectivity index (χ1) is 9.33. The summed E-state index contributed by atoms with van der Waals surface area (Å²) in [5, 5.41) is 3.63. The molecule has 0 amide bonds. The average Bonchev–Trinajstić information content (AvgIpc) is 2.88. The summed E-state index contributed by atoms with van der Waals surface area (Å²) in [7, 11) is 0. The lowest BCUT2D eigenvalue weighted by Gasteiger charge is -2.28. The minimum Gasteiger partial charge on any atom is -0.312 e. The van der Waals surface area contributed by atoms with Crippen LogP contribution in [0.5, 0.6) is 0 Å². The van der Waals surface area contributed by atoms with E-state index in [1.54, 1.807) is 11.3 Å². The van der Waals surface area contributed by atoms with Crippen molar-refractivity contribution in [2.75, 3.05) is 6.54 Å². The molecule has 0 radical (unpaired) electrons. The summed E-state index contributed by atoms with van der Waals surface area (Å²) in [6.45, 7) is 4.54. The first kappa shape index (κ1) is 13.1. The second kappa shape index (κ2) is 6.02. The molecule has 2 nitrogen and oxygen atoms in total. The zero-order valence-electron chi connectivity index (χ0n) is 11.6. The smallest absolute Gasteiger partial charge is 0.0815 e. The summed E-state index contributed by atoms with van der Waals surface area (Å²) >= 11 is 1.71. The van der Waals surface area contributed by atoms with E-state index in [0.29, 0.717) is 0 Å². The molecule has 102 valence electrons. The SMILES string of the molecule is CC1CCCCC1CNCc1ccc2scnc2c1. The Kier molecular flexibility index (Phi) is 4.14. The Labute approximate surface area is 119 Å². The van der Waals surface area contributed by atoms with E-state index in [4.69, 9.17) is 0 Å². The van der Waals surface area contributed by atoms with Gasteiger partial charge in [0, 0.05) is 6.54 Å². The second-order valence-electron chi connectivity index (χ2n) is 5.81. The van der Waals surface area contributed by atoms with Crippen molar-refractivity contribution < 1.29 is 0 Å². The van der Waals surface area contributed by atoms with Crippen molar-refractivity contribution in [3.8, 4) is 0 Å². The highest BCUT2D eigenvalue weighted by atomic mass is 32.1. The zero-order valence-corrected chi connectivity index (χ0v) is 12.4. The van der Waals surface area contributed by atoms with Gasteiger partial charge in [0.25, 0.3) is 0 Å². The predicted molar refractivity (Wildman–Crippen MR) is 82.4 cm³/mol. The third-order valence-electron chi connectivity index (χ3n) is 4.42. The molecule has 2 unspecified atom stereocenters. The average molecular weight is 274 g/mol. The van der Waals surface area contributed by atoms with Crippen LogP contribution in [0.15, 0.2) is 23.7 Å². The molecular formula is C16H22N2S. The lowest BCUT2D eigenvalue weighted by Crippen LogP contribution is -2.29. The number of thiazole rings is 1. The molecule has 1 N–H and O–H groups in total. The molecule has 0 saturated heterocycles. The summed E-state index contributed by atoms with van der Waals surface area (Å²) in [5.41, 5.74) is 4.41. The van der Waals surface area contributed by atoms with E-state index in [1.807, 2.05) is 5.51 Å². The highest BCUT2D eigenvalue weighted by Crippen LogP contribution is 2.29. The fourth-order valence-electron chi connectivity index (χ4n) is 3.11. The van der Waals surface area contributed by atoms with Gasteiger partial charge < -0.3 is 5.32 Å². The number of fused-ring (bicyclic) bond motifs is 1. The number of benzene rings is 1. The Morgan fingerprint density at radius 1 is 1.32 bits per heavy atom. The Balaban J connectivity index is 1.53. The van der Waals surface area contributed by atoms with Crippen molar-refractivity contribution in [3.05, 3.63) is 29.3 Å². The Morgan fingerprint density at radius 3 is 3.11 bits per heavy atom. The van der Waals surface area contributed by atoms with Crippen molar-refractivity contribution in [2.45, 2.75) is 39.2 Å². The van der Waals surface area contributed by atoms with E-state index in [-0.39, 0.29) is 0 Å². The molecule has 1 fully saturated rings. The molecule has 1 aromatic carbocycles. The third-order valence-corrected chi connectivity index (χ3v) is 5.23. The first-order valence-electron chi connectivity index (χ1n) is 7.36. The maximum Gasteiger partial charge on any atom is 0.0815 e. The van der Waals surface area contributed by atoms with Gasteiger partial charge in [0.2, 0.25) is 0 Å². The van der Waals surface area contributed by atoms with Crippen molar-refractivity contribution in [1.29, 1.82) is 0 Å². The van der Waals surface area contributed by atoms with Crippen LogP contribution in [0, 0.1) is 11.8 Å². The van der Waals surface area contributed by atoms with Crippen molar-refractivity contribution >= 4 is 21.6 Å². The van der Waals surface area contributed by atoms with Crippen LogP contribution in [-0.2, 0) is 6.54 Å². The second-order valence-corrected chi connectivity index (χ2v) is 6.69. The number of nitrogens with one attached hydrogen (secondary N) is 1. The molecular weight excluding hydrogens is 252 g/mol. The van der Waals surface area contributed by atoms with E-state index in [2.05, 4.69) is 35.4 Å². The van der Waals surface area contributed by atoms with Gasteiger partial charge in [-0.15, -0.1) is 11.3 Å². The van der Waals surface area contributed by atoms with Gasteiger partial charge in [-0.05, 0) is 42.5 Å². The monoisotopic (exact) mass is 274 g/mol. The van der Waals surface area contributed by atoms with Crippen LogP contribution in [-0.4, -0.2) is 11.5 Å². The maximum absolute atomic E-state index is 4.38. The number of hydrogen-bond donors (Lipinski definition) is 1. The Hall–Kier alpha value is -0.930. The van der Waals surface area contributed by atoms with Crippen LogP contribution >= 0.6 is 11.3 Å². The summed E-state index contributed by atoms with van der Waals surface area (Å²) < 4.78 is 1.28. The van der Waals surface area contributed by atoms with Gasteiger partial charge >= 0.3 is 0 Å². The molecule has 0 aliphatic heterocycles. The third kappa shape index (κ3) is 3.15. The number of aromatic nitrogens is 1. The normalized spacial score (nSPS) is 23.8. The van der Waals surface area contributed by atoms with Gasteiger partial charge in [-0.3, -0.25) is 0 Å². The van der Waals surface area contributed by atoms with Crippen LogP contribution in [0.4, 0.5) is 0 Å². The largest absolute Gasteiger partial charge is 0.312 e. The van der Waals surface area contributed by atoms with E-state index >= 15 is 0 Å². The lowest BCUT2D eigenvalue weighted by atomic mass is 9.80. The van der Waals surface area contributed by atoms with Gasteiger partial charge in [-0.25, -0.2) is 4.98 Å². The Bertz CT molecular complexity index is 534. The number of rotatable bonds is 4. The molecule has 1 aliphatic rings. The molecule has 1 aromatic heterocycles. The van der Waals surface area contributed by atoms with Crippen molar-refractivity contribution in [3.63, 3.8) is 0 Å². The minimum atomic E-state index is 0.872. The summed E-state index contributed by atoms with van der Waals surface area (Å²) in [6.07, 6.45) is 5.66. The summed E-state index contributed by atoms with van der Waals surface area (Å²) in [6, 6.07) is 6.62. The summed E-state index contributed by atoms with van der Waals surface area (Å²) in [4.78, 5) is 4.38. The van der Waals surface area contributed by atoms with Crippen molar-refractivity contribution in [2.24, 2.45) is 11.8 Å². The van der Waals surface area contributed by atoms with Crippen LogP contribution in [0.25, 0.3) is 10.2 Å². The van der Waals surface area contributed by atoms with E-state index in [9.17, 15) is 0 Å². The zero-order chi connectivity index (χ0) is 13.1. The molecule has 0 spiro atoms. The van der Waals surface area contributed by atoms with Crippen LogP contribution < -0.4 is 5.32 Å². The quantitative estimate of drug-likeness (QED) is 0.903. The topological polar surface area (TPSA) is 24.9 Å². The molecule has 19 heavy (non-hydrogen) atoms. The maximum atomic E-state index is 4.38. The van der Waals surface area contributed by atoms with Gasteiger partial charge in [0.1, 0.15) is 0 Å². The molecule has 1 saturated carbocycles. The van der Waals surface area contributed by atoms with Gasteiger partial charge in [-0.2, -0.15) is 0 Å². The molecule has 3 rings (SSSR count). The highest BCUT2D eigenvalue weighted by Gasteiger charge is 2.20. The van der Waals surface area contributed by atoms with E-state index in [0.717, 1.165) is 30.4 Å². The molecule has 1 heterocycles. The van der Waals surface area contributed by atoms with Crippen LogP contribution in [0.1, 0.15) is 38.2 Å². The molecule has 0 bridgehead atoms. The van der Waals surface area contributed by atoms with Crippen LogP contribution in [0.2, 0.25) is 0 Å². The fourth-order valence-corrected chi connectivity index (χ4v) is 3.77. The lowest BCUT2D eigenvalue weighted by molar-refractivity contribution is 0.247. The van der Waals surface area contributed by atoms with Crippen molar-refractivity contribution in [1.82, 2.24) is 10.3 Å². The van der Waals surface area contributed by atoms with E-state index in [1.165, 1.54) is 35.9 Å². The molecule has 1 aliphatic carbocycles. The minimum absolute atomic E-state index is 0.872. The van der Waals surface area contributed by atoms with Gasteiger partial charge in [0.05, 0.1) is 15.7 Å². The fraction of sp³-hybridized carbons (Fsp3) is 0.562. The Morgan fingerprint density at radius 2 is 2.21 bits per heavy atom. The number of nitrogens with zero attached hydrogens (tertiary/aromatic N) is 1. The summed E-state index contributed by atoms with van der Waals surface area (Å²) in [5.74, 6) is 1.76. The van der Waals surface area contributed by atoms with Gasteiger partial charge in [-0.1, -0.05) is 32.3 Å². The number of hydrogen-bond acceptors (Lipinski definition) is 3. The standard InChI is InChI=1S/C16H22N2S/c1-12-4-2-3-5-14(12)10-17-9-13-6-7-16-15(8-13)18-11-19-16/h6-8,11-12,14,17H,2-5,9-10H2,1H3. The molecule has 2 aromatic rings.